The van der Waals surface area contributed by atoms with Crippen molar-refractivity contribution in [2.45, 2.75) is 11.0 Å². The Balaban J connectivity index is 1.78. The van der Waals surface area contributed by atoms with Crippen LogP contribution >= 0.6 is 34.8 Å². The smallest absolute Gasteiger partial charge is 0.241 e. The zero-order chi connectivity index (χ0) is 25.8. The first-order valence-corrected chi connectivity index (χ1v) is 12.6. The first-order chi connectivity index (χ1) is 16.6. The van der Waals surface area contributed by atoms with Gasteiger partial charge in [0.05, 0.1) is 25.7 Å². The van der Waals surface area contributed by atoms with Gasteiger partial charge in [-0.05, 0) is 48.5 Å². The lowest BCUT2D eigenvalue weighted by Gasteiger charge is -2.18. The number of hydrogen-bond acceptors (Lipinski definition) is 6. The summed E-state index contributed by atoms with van der Waals surface area (Å²) in [5, 5.41) is 14.4. The van der Waals surface area contributed by atoms with Crippen LogP contribution in [0.1, 0.15) is 17.2 Å². The van der Waals surface area contributed by atoms with Gasteiger partial charge in [-0.15, -0.1) is 0 Å². The van der Waals surface area contributed by atoms with Crippen molar-refractivity contribution in [3.05, 3.63) is 80.8 Å². The molecular formula is C23H21Cl3N2O6S. The van der Waals surface area contributed by atoms with Crippen molar-refractivity contribution in [3.8, 4) is 11.5 Å². The van der Waals surface area contributed by atoms with Crippen molar-refractivity contribution < 1.29 is 27.8 Å². The molecule has 0 saturated heterocycles. The summed E-state index contributed by atoms with van der Waals surface area (Å²) < 4.78 is 37.8. The summed E-state index contributed by atoms with van der Waals surface area (Å²) in [7, 11) is -1.23. The zero-order valence-electron chi connectivity index (χ0n) is 18.5. The Morgan fingerprint density at radius 1 is 0.914 bits per heavy atom. The number of amides is 1. The lowest BCUT2D eigenvalue weighted by Crippen LogP contribution is -2.33. The molecule has 12 heteroatoms. The van der Waals surface area contributed by atoms with Gasteiger partial charge in [-0.25, -0.2) is 13.1 Å². The van der Waals surface area contributed by atoms with Crippen LogP contribution in [0, 0.1) is 0 Å². The average Bonchev–Trinajstić information content (AvgIpc) is 2.84. The van der Waals surface area contributed by atoms with Crippen LogP contribution in [0.2, 0.25) is 15.1 Å². The van der Waals surface area contributed by atoms with Crippen molar-refractivity contribution in [2.24, 2.45) is 0 Å². The lowest BCUT2D eigenvalue weighted by molar-refractivity contribution is -0.115. The van der Waals surface area contributed by atoms with E-state index in [1.807, 2.05) is 0 Å². The molecule has 0 heterocycles. The number of ether oxygens (including phenoxy) is 2. The standard InChI is InChI=1S/C23H21Cl3N2O6S/c1-33-20-8-5-15(11-21(20)34-2)35(31,32)27-12-22(29)28-19-7-4-14(25)10-17(19)23(30)16-9-13(24)3-6-18(16)26/h3-11,23,27,30H,12H2,1-2H3,(H,28,29). The molecule has 0 saturated carbocycles. The highest BCUT2D eigenvalue weighted by atomic mass is 35.5. The summed E-state index contributed by atoms with van der Waals surface area (Å²) in [6.07, 6.45) is -1.27. The fraction of sp³-hybridized carbons (Fsp3) is 0.174. The molecular weight excluding hydrogens is 539 g/mol. The van der Waals surface area contributed by atoms with Crippen LogP contribution in [-0.4, -0.2) is 40.2 Å². The first kappa shape index (κ1) is 27.1. The minimum Gasteiger partial charge on any atom is -0.493 e. The molecule has 3 aromatic rings. The van der Waals surface area contributed by atoms with Gasteiger partial charge in [-0.1, -0.05) is 34.8 Å². The molecule has 0 aliphatic rings. The first-order valence-electron chi connectivity index (χ1n) is 9.99. The minimum atomic E-state index is -4.04. The number of benzene rings is 3. The van der Waals surface area contributed by atoms with Gasteiger partial charge in [0.1, 0.15) is 6.10 Å². The Bertz CT molecular complexity index is 1350. The second-order valence-electron chi connectivity index (χ2n) is 7.19. The monoisotopic (exact) mass is 558 g/mol. The molecule has 0 aliphatic heterocycles. The Morgan fingerprint density at radius 2 is 1.54 bits per heavy atom. The predicted molar refractivity (Wildman–Crippen MR) is 135 cm³/mol. The summed E-state index contributed by atoms with van der Waals surface area (Å²) >= 11 is 18.3. The maximum atomic E-state index is 12.7. The third kappa shape index (κ3) is 6.58. The average molecular weight is 560 g/mol. The van der Waals surface area contributed by atoms with Crippen LogP contribution in [0.25, 0.3) is 0 Å². The molecule has 35 heavy (non-hydrogen) atoms. The van der Waals surface area contributed by atoms with Gasteiger partial charge in [-0.2, -0.15) is 0 Å². The zero-order valence-corrected chi connectivity index (χ0v) is 21.6. The topological polar surface area (TPSA) is 114 Å². The minimum absolute atomic E-state index is 0.110. The van der Waals surface area contributed by atoms with Crippen LogP contribution in [0.15, 0.2) is 59.5 Å². The van der Waals surface area contributed by atoms with Crippen molar-refractivity contribution >= 4 is 56.4 Å². The molecule has 0 bridgehead atoms. The Hall–Kier alpha value is -2.53. The van der Waals surface area contributed by atoms with Gasteiger partial charge >= 0.3 is 0 Å². The number of aliphatic hydroxyl groups is 1. The second kappa shape index (κ2) is 11.5. The van der Waals surface area contributed by atoms with Gasteiger partial charge in [0, 0.05) is 37.9 Å². The quantitative estimate of drug-likeness (QED) is 0.351. The van der Waals surface area contributed by atoms with Crippen LogP contribution < -0.4 is 19.5 Å². The fourth-order valence-electron chi connectivity index (χ4n) is 3.19. The van der Waals surface area contributed by atoms with Crippen molar-refractivity contribution in [1.82, 2.24) is 4.72 Å². The Labute approximate surface area is 217 Å². The number of aliphatic hydroxyl groups excluding tert-OH is 1. The van der Waals surface area contributed by atoms with Crippen LogP contribution in [-0.2, 0) is 14.8 Å². The van der Waals surface area contributed by atoms with Gasteiger partial charge < -0.3 is 19.9 Å². The van der Waals surface area contributed by atoms with Crippen molar-refractivity contribution in [1.29, 1.82) is 0 Å². The largest absolute Gasteiger partial charge is 0.493 e. The van der Waals surface area contributed by atoms with Crippen LogP contribution in [0.3, 0.4) is 0 Å². The van der Waals surface area contributed by atoms with Gasteiger partial charge in [0.2, 0.25) is 15.9 Å². The normalized spacial score (nSPS) is 12.2. The summed E-state index contributed by atoms with van der Waals surface area (Å²) in [6.45, 7) is -0.577. The van der Waals surface area contributed by atoms with E-state index in [0.29, 0.717) is 21.4 Å². The molecule has 0 aliphatic carbocycles. The number of nitrogens with one attached hydrogen (secondary N) is 2. The van der Waals surface area contributed by atoms with E-state index >= 15 is 0 Å². The van der Waals surface area contributed by atoms with E-state index in [9.17, 15) is 18.3 Å². The van der Waals surface area contributed by atoms with E-state index in [-0.39, 0.29) is 26.9 Å². The van der Waals surface area contributed by atoms with E-state index in [1.165, 1.54) is 62.8 Å². The summed E-state index contributed by atoms with van der Waals surface area (Å²) in [5.41, 5.74) is 0.775. The van der Waals surface area contributed by atoms with E-state index in [0.717, 1.165) is 0 Å². The van der Waals surface area contributed by atoms with Crippen molar-refractivity contribution in [2.75, 3.05) is 26.1 Å². The van der Waals surface area contributed by atoms with Gasteiger partial charge in [0.25, 0.3) is 0 Å². The third-order valence-electron chi connectivity index (χ3n) is 4.92. The highest BCUT2D eigenvalue weighted by Crippen LogP contribution is 2.35. The molecule has 8 nitrogen and oxygen atoms in total. The number of anilines is 1. The molecule has 0 spiro atoms. The van der Waals surface area contributed by atoms with Crippen LogP contribution in [0.4, 0.5) is 5.69 Å². The molecule has 1 amide bonds. The molecule has 3 aromatic carbocycles. The molecule has 1 atom stereocenters. The fourth-order valence-corrected chi connectivity index (χ4v) is 4.77. The summed E-state index contributed by atoms with van der Waals surface area (Å²) in [5.74, 6) is -0.0980. The molecule has 0 aromatic heterocycles. The van der Waals surface area contributed by atoms with Crippen LogP contribution in [0.5, 0.6) is 11.5 Å². The molecule has 186 valence electrons. The number of methoxy groups -OCH3 is 2. The summed E-state index contributed by atoms with van der Waals surface area (Å²) in [6, 6.07) is 13.1. The van der Waals surface area contributed by atoms with E-state index in [1.54, 1.807) is 6.07 Å². The highest BCUT2D eigenvalue weighted by Gasteiger charge is 2.21. The lowest BCUT2D eigenvalue weighted by atomic mass is 9.99. The van der Waals surface area contributed by atoms with E-state index in [4.69, 9.17) is 44.3 Å². The Kier molecular flexibility index (Phi) is 8.87. The molecule has 0 radical (unpaired) electrons. The van der Waals surface area contributed by atoms with Crippen molar-refractivity contribution in [3.63, 3.8) is 0 Å². The summed E-state index contributed by atoms with van der Waals surface area (Å²) in [4.78, 5) is 12.5. The number of carbonyl (C=O) groups excluding carboxylic acids is 1. The third-order valence-corrected chi connectivity index (χ3v) is 7.14. The maximum absolute atomic E-state index is 12.7. The van der Waals surface area contributed by atoms with E-state index in [2.05, 4.69) is 10.0 Å². The Morgan fingerprint density at radius 3 is 2.20 bits per heavy atom. The molecule has 3 rings (SSSR count). The molecule has 0 fully saturated rings. The number of carbonyl (C=O) groups is 1. The highest BCUT2D eigenvalue weighted by molar-refractivity contribution is 7.89. The van der Waals surface area contributed by atoms with Gasteiger partial charge in [-0.3, -0.25) is 4.79 Å². The second-order valence-corrected chi connectivity index (χ2v) is 10.2. The molecule has 3 N–H and O–H groups in total. The molecule has 1 unspecified atom stereocenters. The predicted octanol–water partition coefficient (Wildman–Crippen LogP) is 4.66. The number of rotatable bonds is 9. The maximum Gasteiger partial charge on any atom is 0.241 e. The number of hydrogen-bond donors (Lipinski definition) is 3. The van der Waals surface area contributed by atoms with E-state index < -0.39 is 28.6 Å². The number of sulfonamides is 1. The van der Waals surface area contributed by atoms with Gasteiger partial charge in [0.15, 0.2) is 11.5 Å². The SMILES string of the molecule is COc1ccc(S(=O)(=O)NCC(=O)Nc2ccc(Cl)cc2C(O)c2cc(Cl)ccc2Cl)cc1OC. The number of halogens is 3.